The van der Waals surface area contributed by atoms with Crippen LogP contribution in [-0.2, 0) is 9.59 Å². The van der Waals surface area contributed by atoms with Crippen LogP contribution in [0.5, 0.6) is 0 Å². The maximum atomic E-state index is 12.2. The van der Waals surface area contributed by atoms with Crippen molar-refractivity contribution in [2.75, 3.05) is 0 Å². The third-order valence-electron chi connectivity index (χ3n) is 6.10. The summed E-state index contributed by atoms with van der Waals surface area (Å²) in [4.78, 5) is 24.4. The maximum Gasteiger partial charge on any atom is 0.240 e. The second-order valence-corrected chi connectivity index (χ2v) is 8.85. The van der Waals surface area contributed by atoms with Gasteiger partial charge in [0, 0.05) is 12.8 Å². The molecule has 38 heavy (non-hydrogen) atoms. The summed E-state index contributed by atoms with van der Waals surface area (Å²) in [6.45, 7) is 3.66. The van der Waals surface area contributed by atoms with Gasteiger partial charge < -0.3 is 0 Å². The van der Waals surface area contributed by atoms with Crippen molar-refractivity contribution in [3.05, 3.63) is 120 Å². The van der Waals surface area contributed by atoms with E-state index in [9.17, 15) is 9.59 Å². The van der Waals surface area contributed by atoms with Crippen LogP contribution in [0.2, 0.25) is 0 Å². The Morgan fingerprint density at radius 1 is 0.500 bits per heavy atom. The van der Waals surface area contributed by atoms with Gasteiger partial charge in [0.2, 0.25) is 11.8 Å². The van der Waals surface area contributed by atoms with E-state index < -0.39 is 0 Å². The summed E-state index contributed by atoms with van der Waals surface area (Å²) in [5.41, 5.74) is 12.7. The largest absolute Gasteiger partial charge is 0.273 e. The fourth-order valence-corrected chi connectivity index (χ4v) is 3.83. The van der Waals surface area contributed by atoms with Crippen molar-refractivity contribution < 1.29 is 9.59 Å². The van der Waals surface area contributed by atoms with E-state index in [0.717, 1.165) is 33.4 Å². The van der Waals surface area contributed by atoms with Gasteiger partial charge in [-0.2, -0.15) is 10.2 Å². The normalized spacial score (nSPS) is 11.6. The first kappa shape index (κ1) is 26.2. The monoisotopic (exact) mass is 502 g/mol. The molecule has 4 aromatic rings. The fraction of sp³-hybridized carbons (Fsp3) is 0.125. The maximum absolute atomic E-state index is 12.2. The summed E-state index contributed by atoms with van der Waals surface area (Å²) in [7, 11) is 0. The average molecular weight is 503 g/mol. The zero-order valence-electron chi connectivity index (χ0n) is 21.5. The summed E-state index contributed by atoms with van der Waals surface area (Å²) < 4.78 is 0. The molecule has 0 spiro atoms. The number of carbonyl (C=O) groups is 2. The van der Waals surface area contributed by atoms with E-state index in [0.29, 0.717) is 11.4 Å². The lowest BCUT2D eigenvalue weighted by Crippen LogP contribution is -2.24. The van der Waals surface area contributed by atoms with E-state index in [2.05, 4.69) is 45.3 Å². The number of carbonyl (C=O) groups excluding carboxylic acids is 2. The van der Waals surface area contributed by atoms with Crippen molar-refractivity contribution in [2.24, 2.45) is 10.2 Å². The predicted octanol–water partition coefficient (Wildman–Crippen LogP) is 6.18. The number of nitrogens with zero attached hydrogens (tertiary/aromatic N) is 2. The second-order valence-electron chi connectivity index (χ2n) is 8.85. The van der Waals surface area contributed by atoms with Crippen molar-refractivity contribution >= 4 is 23.2 Å². The molecule has 0 saturated heterocycles. The highest BCUT2D eigenvalue weighted by molar-refractivity contribution is 6.00. The second kappa shape index (κ2) is 12.9. The Bertz CT molecular complexity index is 1310. The van der Waals surface area contributed by atoms with Crippen LogP contribution in [0.4, 0.5) is 0 Å². The molecule has 0 unspecified atom stereocenters. The lowest BCUT2D eigenvalue weighted by atomic mass is 10.0. The number of nitrogens with one attached hydrogen (secondary N) is 2. The minimum atomic E-state index is -0.336. The minimum absolute atomic E-state index is 0.00982. The van der Waals surface area contributed by atoms with Crippen molar-refractivity contribution in [2.45, 2.75) is 26.7 Å². The first-order chi connectivity index (χ1) is 18.5. The molecule has 0 aliphatic carbocycles. The number of hydrogen-bond donors (Lipinski definition) is 2. The topological polar surface area (TPSA) is 82.9 Å². The molecule has 190 valence electrons. The number of hydrazone groups is 2. The summed E-state index contributed by atoms with van der Waals surface area (Å²) in [5.74, 6) is -0.671. The van der Waals surface area contributed by atoms with E-state index in [1.54, 1.807) is 0 Å². The summed E-state index contributed by atoms with van der Waals surface area (Å²) >= 11 is 0. The Labute approximate surface area is 223 Å². The minimum Gasteiger partial charge on any atom is -0.273 e. The first-order valence-corrected chi connectivity index (χ1v) is 12.5. The Kier molecular flexibility index (Phi) is 8.92. The molecule has 4 aromatic carbocycles. The zero-order valence-corrected chi connectivity index (χ0v) is 21.5. The van der Waals surface area contributed by atoms with Gasteiger partial charge >= 0.3 is 0 Å². The van der Waals surface area contributed by atoms with Crippen molar-refractivity contribution in [3.63, 3.8) is 0 Å². The Morgan fingerprint density at radius 2 is 0.816 bits per heavy atom. The summed E-state index contributed by atoms with van der Waals surface area (Å²) in [5, 5.41) is 8.35. The van der Waals surface area contributed by atoms with Crippen molar-refractivity contribution in [1.82, 2.24) is 10.9 Å². The van der Waals surface area contributed by atoms with Gasteiger partial charge in [0.05, 0.1) is 11.4 Å². The highest BCUT2D eigenvalue weighted by Gasteiger charge is 2.08. The molecule has 0 aliphatic rings. The van der Waals surface area contributed by atoms with E-state index in [-0.39, 0.29) is 24.7 Å². The molecule has 6 nitrogen and oxygen atoms in total. The van der Waals surface area contributed by atoms with Crippen LogP contribution >= 0.6 is 0 Å². The lowest BCUT2D eigenvalue weighted by molar-refractivity contribution is -0.126. The molecule has 2 N–H and O–H groups in total. The molecule has 0 bridgehead atoms. The molecule has 0 saturated carbocycles. The molecule has 0 aromatic heterocycles. The van der Waals surface area contributed by atoms with Crippen LogP contribution in [0, 0.1) is 0 Å². The number of hydrogen-bond acceptors (Lipinski definition) is 4. The molecule has 2 amide bonds. The third-order valence-corrected chi connectivity index (χ3v) is 6.10. The van der Waals surface area contributed by atoms with Crippen LogP contribution in [0.25, 0.3) is 22.3 Å². The third kappa shape index (κ3) is 7.34. The standard InChI is InChI=1S/C32H30N4O2/c1-23(25-13-17-29(18-14-25)27-9-5-3-6-10-27)33-35-31(37)21-22-32(38)36-34-24(2)26-15-19-30(20-16-26)28-11-7-4-8-12-28/h3-20H,21-22H2,1-2H3,(H,35,37)(H,36,38). The highest BCUT2D eigenvalue weighted by atomic mass is 16.2. The van der Waals surface area contributed by atoms with Gasteiger partial charge in [-0.05, 0) is 47.2 Å². The van der Waals surface area contributed by atoms with E-state index in [1.165, 1.54) is 0 Å². The van der Waals surface area contributed by atoms with Crippen molar-refractivity contribution in [1.29, 1.82) is 0 Å². The molecule has 0 heterocycles. The van der Waals surface area contributed by atoms with Crippen molar-refractivity contribution in [3.8, 4) is 22.3 Å². The molecule has 0 aliphatic heterocycles. The molecule has 0 fully saturated rings. The van der Waals surface area contributed by atoms with Gasteiger partial charge in [0.1, 0.15) is 0 Å². The molecule has 0 radical (unpaired) electrons. The van der Waals surface area contributed by atoms with Gasteiger partial charge in [0.15, 0.2) is 0 Å². The molecular weight excluding hydrogens is 472 g/mol. The Balaban J connectivity index is 1.22. The van der Waals surface area contributed by atoms with Crippen LogP contribution in [0.1, 0.15) is 37.8 Å². The van der Waals surface area contributed by atoms with Crippen LogP contribution < -0.4 is 10.9 Å². The zero-order chi connectivity index (χ0) is 26.7. The van der Waals surface area contributed by atoms with E-state index in [4.69, 9.17) is 0 Å². The Hall–Kier alpha value is -4.84. The predicted molar refractivity (Wildman–Crippen MR) is 154 cm³/mol. The summed E-state index contributed by atoms with van der Waals surface area (Å²) in [6.07, 6.45) is 0.0196. The van der Waals surface area contributed by atoms with Gasteiger partial charge in [-0.15, -0.1) is 0 Å². The van der Waals surface area contributed by atoms with E-state index in [1.807, 2.05) is 98.8 Å². The van der Waals surface area contributed by atoms with Gasteiger partial charge in [0.25, 0.3) is 0 Å². The molecule has 0 atom stereocenters. The quantitative estimate of drug-likeness (QED) is 0.212. The Morgan fingerprint density at radius 3 is 1.16 bits per heavy atom. The van der Waals surface area contributed by atoms with Crippen LogP contribution in [0.15, 0.2) is 119 Å². The first-order valence-electron chi connectivity index (χ1n) is 12.5. The number of rotatable bonds is 9. The molecule has 4 rings (SSSR count). The molecular formula is C32H30N4O2. The van der Waals surface area contributed by atoms with Gasteiger partial charge in [-0.25, -0.2) is 10.9 Å². The number of benzene rings is 4. The highest BCUT2D eigenvalue weighted by Crippen LogP contribution is 2.20. The van der Waals surface area contributed by atoms with Crippen LogP contribution in [0.3, 0.4) is 0 Å². The number of amides is 2. The smallest absolute Gasteiger partial charge is 0.240 e. The average Bonchev–Trinajstić information content (AvgIpc) is 2.98. The van der Waals surface area contributed by atoms with Crippen LogP contribution in [-0.4, -0.2) is 23.2 Å². The fourth-order valence-electron chi connectivity index (χ4n) is 3.83. The van der Waals surface area contributed by atoms with Gasteiger partial charge in [-0.3, -0.25) is 9.59 Å². The van der Waals surface area contributed by atoms with Gasteiger partial charge in [-0.1, -0.05) is 109 Å². The molecule has 6 heteroatoms. The summed E-state index contributed by atoms with van der Waals surface area (Å²) in [6, 6.07) is 36.2. The van der Waals surface area contributed by atoms with E-state index >= 15 is 0 Å². The lowest BCUT2D eigenvalue weighted by Gasteiger charge is -2.06. The SMILES string of the molecule is CC(=NNC(=O)CCC(=O)NN=C(C)c1ccc(-c2ccccc2)cc1)c1ccc(-c2ccccc2)cc1.